The van der Waals surface area contributed by atoms with E-state index in [1.807, 2.05) is 13.8 Å². The highest BCUT2D eigenvalue weighted by Crippen LogP contribution is 2.60. The van der Waals surface area contributed by atoms with Gasteiger partial charge in [0.25, 0.3) is 0 Å². The van der Waals surface area contributed by atoms with Crippen LogP contribution < -0.4 is 5.43 Å². The number of hydrazone groups is 1. The molecule has 4 bridgehead atoms. The maximum absolute atomic E-state index is 4.67. The number of anilines is 1. The van der Waals surface area contributed by atoms with Gasteiger partial charge in [-0.3, -0.25) is 5.43 Å². The molecular weight excluding hydrogens is 314 g/mol. The number of fused-ring (bicyclic) bond motifs is 1. The number of benzene rings is 1. The minimum atomic E-state index is 0.471. The summed E-state index contributed by atoms with van der Waals surface area (Å²) >= 11 is 1.73. The Balaban J connectivity index is 1.50. The van der Waals surface area contributed by atoms with Gasteiger partial charge in [-0.2, -0.15) is 5.10 Å². The van der Waals surface area contributed by atoms with Gasteiger partial charge >= 0.3 is 0 Å². The van der Waals surface area contributed by atoms with E-state index in [2.05, 4.69) is 33.7 Å². The number of nitrogens with one attached hydrogen (secondary N) is 1. The quantitative estimate of drug-likeness (QED) is 0.586. The molecule has 24 heavy (non-hydrogen) atoms. The molecule has 0 unspecified atom stereocenters. The summed E-state index contributed by atoms with van der Waals surface area (Å²) in [5.41, 5.74) is 7.25. The van der Waals surface area contributed by atoms with Crippen molar-refractivity contribution in [2.24, 2.45) is 22.9 Å². The van der Waals surface area contributed by atoms with Gasteiger partial charge in [0, 0.05) is 5.71 Å². The topological polar surface area (TPSA) is 37.3 Å². The molecule has 1 aromatic heterocycles. The van der Waals surface area contributed by atoms with E-state index in [9.17, 15) is 0 Å². The van der Waals surface area contributed by atoms with E-state index >= 15 is 0 Å². The van der Waals surface area contributed by atoms with Crippen molar-refractivity contribution < 1.29 is 0 Å². The summed E-state index contributed by atoms with van der Waals surface area (Å²) < 4.78 is 1.30. The molecule has 0 saturated heterocycles. The summed E-state index contributed by atoms with van der Waals surface area (Å²) in [6.07, 6.45) is 8.79. The molecule has 4 aliphatic rings. The zero-order chi connectivity index (χ0) is 16.3. The molecule has 2 aromatic rings. The lowest BCUT2D eigenvalue weighted by Crippen LogP contribution is -2.48. The fourth-order valence-corrected chi connectivity index (χ4v) is 6.77. The van der Waals surface area contributed by atoms with Crippen LogP contribution in [-0.2, 0) is 5.41 Å². The fraction of sp³-hybridized carbons (Fsp3) is 0.600. The van der Waals surface area contributed by atoms with Gasteiger partial charge in [-0.1, -0.05) is 17.4 Å². The molecule has 0 spiro atoms. The molecule has 1 N–H and O–H groups in total. The standard InChI is InChI=1S/C20H25N3S/c1-12(2)22-23-19-21-17-4-3-16(8-18(17)24-19)20-9-13-5-14(10-20)7-15(6-13)11-20/h3-4,8,13-15H,5-7,9-11H2,1-2H3,(H,21,23). The first-order valence-corrected chi connectivity index (χ1v) is 10.1. The van der Waals surface area contributed by atoms with Crippen molar-refractivity contribution in [1.29, 1.82) is 0 Å². The van der Waals surface area contributed by atoms with Crippen molar-refractivity contribution >= 4 is 32.4 Å². The molecule has 1 aromatic carbocycles. The molecule has 4 aliphatic carbocycles. The smallest absolute Gasteiger partial charge is 0.204 e. The van der Waals surface area contributed by atoms with Crippen LogP contribution in [0.5, 0.6) is 0 Å². The summed E-state index contributed by atoms with van der Waals surface area (Å²) in [4.78, 5) is 4.67. The molecule has 1 heterocycles. The van der Waals surface area contributed by atoms with Crippen LogP contribution in [0.15, 0.2) is 23.3 Å². The van der Waals surface area contributed by atoms with Crippen molar-refractivity contribution in [3.05, 3.63) is 23.8 Å². The van der Waals surface area contributed by atoms with Crippen LogP contribution in [0.1, 0.15) is 57.9 Å². The Bertz CT molecular complexity index is 780. The summed E-state index contributed by atoms with van der Waals surface area (Å²) in [6, 6.07) is 7.04. The Morgan fingerprint density at radius 3 is 2.42 bits per heavy atom. The lowest BCUT2D eigenvalue weighted by molar-refractivity contribution is -0.00512. The van der Waals surface area contributed by atoms with E-state index in [4.69, 9.17) is 0 Å². The van der Waals surface area contributed by atoms with E-state index in [-0.39, 0.29) is 0 Å². The molecule has 126 valence electrons. The Hall–Kier alpha value is -1.42. The first-order valence-electron chi connectivity index (χ1n) is 9.28. The van der Waals surface area contributed by atoms with E-state index in [0.717, 1.165) is 34.1 Å². The fourth-order valence-electron chi connectivity index (χ4n) is 5.93. The largest absolute Gasteiger partial charge is 0.253 e. The van der Waals surface area contributed by atoms with Gasteiger partial charge in [-0.05, 0) is 93.2 Å². The molecular formula is C20H25N3S. The summed E-state index contributed by atoms with van der Waals surface area (Å²) in [7, 11) is 0. The van der Waals surface area contributed by atoms with Crippen LogP contribution in [0.3, 0.4) is 0 Å². The third kappa shape index (κ3) is 2.38. The van der Waals surface area contributed by atoms with Gasteiger partial charge in [0.15, 0.2) is 0 Å². The van der Waals surface area contributed by atoms with Gasteiger partial charge < -0.3 is 0 Å². The van der Waals surface area contributed by atoms with E-state index in [1.54, 1.807) is 16.9 Å². The number of nitrogens with zero attached hydrogens (tertiary/aromatic N) is 2. The molecule has 6 rings (SSSR count). The first kappa shape index (κ1) is 14.9. The third-order valence-corrected chi connectivity index (χ3v) is 7.34. The number of thiazole rings is 1. The first-order chi connectivity index (χ1) is 11.6. The van der Waals surface area contributed by atoms with Crippen LogP contribution in [0.25, 0.3) is 10.2 Å². The van der Waals surface area contributed by atoms with Crippen LogP contribution in [0.4, 0.5) is 5.13 Å². The molecule has 4 saturated carbocycles. The maximum atomic E-state index is 4.67. The predicted molar refractivity (Wildman–Crippen MR) is 102 cm³/mol. The third-order valence-electron chi connectivity index (χ3n) is 6.41. The van der Waals surface area contributed by atoms with E-state index in [0.29, 0.717) is 5.41 Å². The van der Waals surface area contributed by atoms with Crippen LogP contribution in [0.2, 0.25) is 0 Å². The van der Waals surface area contributed by atoms with Crippen LogP contribution >= 0.6 is 11.3 Å². The summed E-state index contributed by atoms with van der Waals surface area (Å²) in [6.45, 7) is 3.98. The zero-order valence-corrected chi connectivity index (χ0v) is 15.3. The Labute approximate surface area is 147 Å². The van der Waals surface area contributed by atoms with Crippen molar-refractivity contribution in [3.63, 3.8) is 0 Å². The normalized spacial score (nSPS) is 33.8. The van der Waals surface area contributed by atoms with Gasteiger partial charge in [0.1, 0.15) is 0 Å². The molecule has 0 amide bonds. The minimum absolute atomic E-state index is 0.471. The SMILES string of the molecule is CC(C)=NNc1nc2ccc(C34CC5CC(CC(C5)C3)C4)cc2s1. The number of hydrogen-bond donors (Lipinski definition) is 1. The lowest BCUT2D eigenvalue weighted by Gasteiger charge is -2.57. The second-order valence-corrected chi connectivity index (χ2v) is 9.60. The highest BCUT2D eigenvalue weighted by molar-refractivity contribution is 7.22. The molecule has 0 atom stereocenters. The molecule has 4 fully saturated rings. The predicted octanol–water partition coefficient (Wildman–Crippen LogP) is 5.57. The van der Waals surface area contributed by atoms with Gasteiger partial charge in [0.05, 0.1) is 10.2 Å². The minimum Gasteiger partial charge on any atom is -0.253 e. The highest BCUT2D eigenvalue weighted by atomic mass is 32.1. The average Bonchev–Trinajstić information content (AvgIpc) is 2.93. The molecule has 3 nitrogen and oxygen atoms in total. The second-order valence-electron chi connectivity index (χ2n) is 8.57. The van der Waals surface area contributed by atoms with Crippen LogP contribution in [0, 0.1) is 17.8 Å². The Kier molecular flexibility index (Phi) is 3.28. The van der Waals surface area contributed by atoms with Crippen molar-refractivity contribution in [2.45, 2.75) is 57.8 Å². The summed E-state index contributed by atoms with van der Waals surface area (Å²) in [5, 5.41) is 5.18. The Morgan fingerprint density at radius 2 is 1.79 bits per heavy atom. The lowest BCUT2D eigenvalue weighted by atomic mass is 9.48. The van der Waals surface area contributed by atoms with Crippen molar-refractivity contribution in [2.75, 3.05) is 5.43 Å². The molecule has 4 heteroatoms. The van der Waals surface area contributed by atoms with E-state index < -0.39 is 0 Å². The van der Waals surface area contributed by atoms with Gasteiger partial charge in [0.2, 0.25) is 5.13 Å². The van der Waals surface area contributed by atoms with E-state index in [1.165, 1.54) is 43.2 Å². The Morgan fingerprint density at radius 1 is 1.12 bits per heavy atom. The summed E-state index contributed by atoms with van der Waals surface area (Å²) in [5.74, 6) is 2.98. The maximum Gasteiger partial charge on any atom is 0.204 e. The van der Waals surface area contributed by atoms with Gasteiger partial charge in [-0.15, -0.1) is 0 Å². The number of rotatable bonds is 3. The highest BCUT2D eigenvalue weighted by Gasteiger charge is 2.51. The number of aromatic nitrogens is 1. The van der Waals surface area contributed by atoms with Crippen LogP contribution in [-0.4, -0.2) is 10.7 Å². The zero-order valence-electron chi connectivity index (χ0n) is 14.5. The second kappa shape index (κ2) is 5.29. The molecule has 0 radical (unpaired) electrons. The number of hydrogen-bond acceptors (Lipinski definition) is 4. The average molecular weight is 340 g/mol. The monoisotopic (exact) mass is 339 g/mol. The molecule has 0 aliphatic heterocycles. The van der Waals surface area contributed by atoms with Crippen molar-refractivity contribution in [3.8, 4) is 0 Å². The van der Waals surface area contributed by atoms with Crippen molar-refractivity contribution in [1.82, 2.24) is 4.98 Å². The van der Waals surface area contributed by atoms with Gasteiger partial charge in [-0.25, -0.2) is 4.98 Å².